The second kappa shape index (κ2) is 4.34. The number of amides is 1. The highest BCUT2D eigenvalue weighted by molar-refractivity contribution is 5.99. The first-order valence-corrected chi connectivity index (χ1v) is 5.25. The largest absolute Gasteiger partial charge is 0.381 e. The molecule has 1 aliphatic rings. The van der Waals surface area contributed by atoms with Crippen molar-refractivity contribution in [2.24, 2.45) is 0 Å². The van der Waals surface area contributed by atoms with E-state index in [1.54, 1.807) is 6.92 Å². The Balaban J connectivity index is 2.09. The number of nitrogens with one attached hydrogen (secondary N) is 2. The fraction of sp³-hybridized carbons (Fsp3) is 0.333. The monoisotopic (exact) mass is 203 g/mol. The summed E-state index contributed by atoms with van der Waals surface area (Å²) in [6.45, 7) is 1.73. The fourth-order valence-electron chi connectivity index (χ4n) is 1.37. The Morgan fingerprint density at radius 3 is 2.60 bits per heavy atom. The van der Waals surface area contributed by atoms with Gasteiger partial charge in [0.2, 0.25) is 5.91 Å². The van der Waals surface area contributed by atoms with Crippen LogP contribution in [-0.2, 0) is 4.79 Å². The summed E-state index contributed by atoms with van der Waals surface area (Å²) >= 11 is 0. The van der Waals surface area contributed by atoms with Crippen LogP contribution in [0.1, 0.15) is 19.8 Å². The summed E-state index contributed by atoms with van der Waals surface area (Å²) in [7, 11) is 0. The highest BCUT2D eigenvalue weighted by Crippen LogP contribution is 2.29. The van der Waals surface area contributed by atoms with Crippen LogP contribution in [0.4, 0.5) is 11.4 Å². The van der Waals surface area contributed by atoms with Crippen molar-refractivity contribution >= 4 is 17.3 Å². The van der Waals surface area contributed by atoms with Crippen LogP contribution in [0, 0.1) is 6.42 Å². The third kappa shape index (κ3) is 2.72. The van der Waals surface area contributed by atoms with Crippen LogP contribution in [0.2, 0.25) is 0 Å². The topological polar surface area (TPSA) is 41.1 Å². The number of para-hydroxylation sites is 2. The molecule has 1 aromatic carbocycles. The van der Waals surface area contributed by atoms with Crippen molar-refractivity contribution in [3.63, 3.8) is 0 Å². The van der Waals surface area contributed by atoms with Crippen LogP contribution >= 0.6 is 0 Å². The highest BCUT2D eigenvalue weighted by Gasteiger charge is 2.21. The van der Waals surface area contributed by atoms with Crippen LogP contribution in [0.5, 0.6) is 0 Å². The normalized spacial score (nSPS) is 14.7. The van der Waals surface area contributed by atoms with Gasteiger partial charge in [-0.2, -0.15) is 0 Å². The molecular formula is C12H15N2O. The molecule has 0 atom stereocenters. The lowest BCUT2D eigenvalue weighted by Crippen LogP contribution is -2.12. The minimum absolute atomic E-state index is 0.0694. The minimum Gasteiger partial charge on any atom is -0.381 e. The standard InChI is InChI=1S/C12H15N2O/c1-2-12(15)14-11-6-4-3-5-10(11)13-9-7-8-9/h2-6,9,13H,7-8H2,1H3,(H,14,15). The first-order chi connectivity index (χ1) is 7.29. The Morgan fingerprint density at radius 2 is 2.00 bits per heavy atom. The zero-order chi connectivity index (χ0) is 10.7. The maximum absolute atomic E-state index is 11.2. The van der Waals surface area contributed by atoms with Gasteiger partial charge in [-0.25, -0.2) is 0 Å². The molecule has 0 unspecified atom stereocenters. The molecule has 0 aromatic heterocycles. The Kier molecular flexibility index (Phi) is 2.90. The van der Waals surface area contributed by atoms with Gasteiger partial charge < -0.3 is 10.6 Å². The average Bonchev–Trinajstić information content (AvgIpc) is 3.04. The Morgan fingerprint density at radius 1 is 1.33 bits per heavy atom. The number of hydrogen-bond donors (Lipinski definition) is 2. The molecule has 2 rings (SSSR count). The molecule has 1 radical (unpaired) electrons. The quantitative estimate of drug-likeness (QED) is 0.789. The van der Waals surface area contributed by atoms with Crippen molar-refractivity contribution in [3.8, 4) is 0 Å². The molecule has 0 saturated heterocycles. The maximum atomic E-state index is 11.2. The van der Waals surface area contributed by atoms with Crippen molar-refractivity contribution in [1.82, 2.24) is 0 Å². The molecule has 0 spiro atoms. The van der Waals surface area contributed by atoms with Gasteiger partial charge in [-0.3, -0.25) is 4.79 Å². The SMILES string of the molecule is C[CH]C(=O)Nc1ccccc1NC1CC1. The van der Waals surface area contributed by atoms with Crippen LogP contribution < -0.4 is 10.6 Å². The van der Waals surface area contributed by atoms with E-state index >= 15 is 0 Å². The number of carbonyl (C=O) groups excluding carboxylic acids is 1. The van der Waals surface area contributed by atoms with E-state index in [2.05, 4.69) is 10.6 Å². The van der Waals surface area contributed by atoms with Crippen molar-refractivity contribution in [2.45, 2.75) is 25.8 Å². The number of benzene rings is 1. The van der Waals surface area contributed by atoms with E-state index in [4.69, 9.17) is 0 Å². The van der Waals surface area contributed by atoms with E-state index in [1.165, 1.54) is 19.3 Å². The summed E-state index contributed by atoms with van der Waals surface area (Å²) in [6.07, 6.45) is 3.97. The predicted octanol–water partition coefficient (Wildman–Crippen LogP) is 2.42. The Labute approximate surface area is 89.9 Å². The van der Waals surface area contributed by atoms with E-state index in [1.807, 2.05) is 24.3 Å². The highest BCUT2D eigenvalue weighted by atomic mass is 16.1. The molecule has 1 amide bonds. The van der Waals surface area contributed by atoms with Crippen molar-refractivity contribution in [2.75, 3.05) is 10.6 Å². The van der Waals surface area contributed by atoms with Crippen LogP contribution in [0.15, 0.2) is 24.3 Å². The first kappa shape index (κ1) is 10.0. The van der Waals surface area contributed by atoms with E-state index < -0.39 is 0 Å². The van der Waals surface area contributed by atoms with Crippen molar-refractivity contribution in [3.05, 3.63) is 30.7 Å². The summed E-state index contributed by atoms with van der Waals surface area (Å²) in [4.78, 5) is 11.2. The van der Waals surface area contributed by atoms with E-state index in [0.29, 0.717) is 6.04 Å². The zero-order valence-corrected chi connectivity index (χ0v) is 8.79. The molecule has 0 aliphatic heterocycles. The van der Waals surface area contributed by atoms with Gasteiger partial charge in [-0.05, 0) is 25.0 Å². The molecule has 1 aliphatic carbocycles. The van der Waals surface area contributed by atoms with E-state index in [9.17, 15) is 4.79 Å². The van der Waals surface area contributed by atoms with Crippen LogP contribution in [0.25, 0.3) is 0 Å². The predicted molar refractivity (Wildman–Crippen MR) is 61.7 cm³/mol. The molecule has 3 nitrogen and oxygen atoms in total. The van der Waals surface area contributed by atoms with Gasteiger partial charge in [-0.15, -0.1) is 0 Å². The molecule has 1 fully saturated rings. The average molecular weight is 203 g/mol. The second-order valence-corrected chi connectivity index (χ2v) is 3.74. The number of carbonyl (C=O) groups is 1. The van der Waals surface area contributed by atoms with Crippen LogP contribution in [0.3, 0.4) is 0 Å². The molecule has 0 bridgehead atoms. The Hall–Kier alpha value is -1.51. The van der Waals surface area contributed by atoms with Crippen molar-refractivity contribution < 1.29 is 4.79 Å². The van der Waals surface area contributed by atoms with Gasteiger partial charge in [0.05, 0.1) is 11.4 Å². The molecule has 1 aromatic rings. The Bertz CT molecular complexity index is 358. The molecule has 79 valence electrons. The van der Waals surface area contributed by atoms with Gasteiger partial charge in [0, 0.05) is 12.5 Å². The molecule has 1 saturated carbocycles. The van der Waals surface area contributed by atoms with Gasteiger partial charge >= 0.3 is 0 Å². The second-order valence-electron chi connectivity index (χ2n) is 3.74. The molecule has 3 heteroatoms. The van der Waals surface area contributed by atoms with Crippen LogP contribution in [-0.4, -0.2) is 11.9 Å². The summed E-state index contributed by atoms with van der Waals surface area (Å²) in [5.74, 6) is -0.0694. The molecule has 15 heavy (non-hydrogen) atoms. The molecule has 0 heterocycles. The fourth-order valence-corrected chi connectivity index (χ4v) is 1.37. The molecule has 2 N–H and O–H groups in total. The lowest BCUT2D eigenvalue weighted by atomic mass is 10.2. The maximum Gasteiger partial charge on any atom is 0.228 e. The van der Waals surface area contributed by atoms with E-state index in [0.717, 1.165) is 11.4 Å². The van der Waals surface area contributed by atoms with Gasteiger partial charge in [0.1, 0.15) is 0 Å². The molecular weight excluding hydrogens is 188 g/mol. The third-order valence-corrected chi connectivity index (χ3v) is 2.38. The lowest BCUT2D eigenvalue weighted by molar-refractivity contribution is -0.113. The summed E-state index contributed by atoms with van der Waals surface area (Å²) in [5, 5.41) is 6.22. The van der Waals surface area contributed by atoms with Gasteiger partial charge in [0.15, 0.2) is 0 Å². The zero-order valence-electron chi connectivity index (χ0n) is 8.79. The lowest BCUT2D eigenvalue weighted by Gasteiger charge is -2.11. The van der Waals surface area contributed by atoms with Gasteiger partial charge in [-0.1, -0.05) is 19.1 Å². The third-order valence-electron chi connectivity index (χ3n) is 2.38. The number of anilines is 2. The van der Waals surface area contributed by atoms with E-state index in [-0.39, 0.29) is 5.91 Å². The van der Waals surface area contributed by atoms with Crippen molar-refractivity contribution in [1.29, 1.82) is 0 Å². The number of rotatable bonds is 4. The summed E-state index contributed by atoms with van der Waals surface area (Å²) < 4.78 is 0. The number of hydrogen-bond acceptors (Lipinski definition) is 2. The summed E-state index contributed by atoms with van der Waals surface area (Å²) in [6, 6.07) is 8.38. The van der Waals surface area contributed by atoms with Gasteiger partial charge in [0.25, 0.3) is 0 Å². The minimum atomic E-state index is -0.0694. The smallest absolute Gasteiger partial charge is 0.228 e. The first-order valence-electron chi connectivity index (χ1n) is 5.25. The summed E-state index contributed by atoms with van der Waals surface area (Å²) in [5.41, 5.74) is 1.86.